The van der Waals surface area contributed by atoms with Crippen LogP contribution in [-0.4, -0.2) is 33.9 Å². The van der Waals surface area contributed by atoms with E-state index in [-0.39, 0.29) is 5.56 Å². The lowest BCUT2D eigenvalue weighted by Crippen LogP contribution is -2.00. The van der Waals surface area contributed by atoms with Gasteiger partial charge < -0.3 is 9.84 Å². The number of aromatic nitrogens is 2. The second-order valence-corrected chi connectivity index (χ2v) is 6.13. The Morgan fingerprint density at radius 1 is 1.19 bits per heavy atom. The number of hydrogen-bond acceptors (Lipinski definition) is 4. The molecular formula is C18H12Cl2N2O4. The molecule has 0 atom stereocenters. The third-order valence-electron chi connectivity index (χ3n) is 3.67. The van der Waals surface area contributed by atoms with Crippen molar-refractivity contribution in [3.05, 3.63) is 63.8 Å². The van der Waals surface area contributed by atoms with Gasteiger partial charge in [-0.25, -0.2) is 14.3 Å². The predicted octanol–water partition coefficient (Wildman–Crippen LogP) is 4.22. The summed E-state index contributed by atoms with van der Waals surface area (Å²) in [6.07, 6.45) is 2.73. The van der Waals surface area contributed by atoms with E-state index >= 15 is 0 Å². The number of fused-ring (bicyclic) bond motifs is 1. The maximum Gasteiger partial charge on any atom is 0.335 e. The molecule has 0 aliphatic carbocycles. The van der Waals surface area contributed by atoms with Crippen LogP contribution in [0.5, 0.6) is 0 Å². The fraction of sp³-hybridized carbons (Fsp3) is 0.0556. The van der Waals surface area contributed by atoms with Crippen LogP contribution in [0.2, 0.25) is 10.0 Å². The molecule has 6 nitrogen and oxygen atoms in total. The van der Waals surface area contributed by atoms with Crippen LogP contribution in [0.1, 0.15) is 16.1 Å². The summed E-state index contributed by atoms with van der Waals surface area (Å²) in [4.78, 5) is 22.7. The minimum absolute atomic E-state index is 0.104. The second-order valence-electron chi connectivity index (χ2n) is 5.29. The lowest BCUT2D eigenvalue weighted by molar-refractivity contribution is -0.134. The number of methoxy groups -OCH3 is 1. The first-order chi connectivity index (χ1) is 12.4. The zero-order valence-electron chi connectivity index (χ0n) is 13.4. The number of ether oxygens (including phenoxy) is 1. The monoisotopic (exact) mass is 390 g/mol. The molecule has 1 aromatic heterocycles. The standard InChI is InChI=1S/C18H12Cl2N2O4/c1-26-17(23)7-5-14-12-4-2-10(18(24)25)8-16(12)22(21-14)15-6-3-11(19)9-13(15)20/h2-9H,1H3,(H,24,25)/b7-5+. The molecule has 0 saturated carbocycles. The SMILES string of the molecule is COC(=O)/C=C/c1nn(-c2ccc(Cl)cc2Cl)c2cc(C(=O)O)ccc12. The summed E-state index contributed by atoms with van der Waals surface area (Å²) < 4.78 is 6.10. The molecule has 0 aliphatic heterocycles. The topological polar surface area (TPSA) is 81.4 Å². The van der Waals surface area contributed by atoms with E-state index in [0.29, 0.717) is 32.3 Å². The van der Waals surface area contributed by atoms with Crippen molar-refractivity contribution < 1.29 is 19.4 Å². The van der Waals surface area contributed by atoms with Crippen molar-refractivity contribution in [2.75, 3.05) is 7.11 Å². The molecule has 1 N–H and O–H groups in total. The van der Waals surface area contributed by atoms with Gasteiger partial charge in [-0.3, -0.25) is 0 Å². The summed E-state index contributed by atoms with van der Waals surface area (Å²) in [6, 6.07) is 9.49. The first kappa shape index (κ1) is 18.0. The summed E-state index contributed by atoms with van der Waals surface area (Å²) in [5.41, 5.74) is 1.63. The van der Waals surface area contributed by atoms with E-state index in [1.54, 1.807) is 24.3 Å². The van der Waals surface area contributed by atoms with Gasteiger partial charge in [0, 0.05) is 16.5 Å². The number of benzene rings is 2. The quantitative estimate of drug-likeness (QED) is 0.532. The number of rotatable bonds is 4. The van der Waals surface area contributed by atoms with Crippen LogP contribution in [0.3, 0.4) is 0 Å². The van der Waals surface area contributed by atoms with E-state index in [0.717, 1.165) is 0 Å². The van der Waals surface area contributed by atoms with Crippen molar-refractivity contribution in [2.24, 2.45) is 0 Å². The van der Waals surface area contributed by atoms with Crippen molar-refractivity contribution in [3.8, 4) is 5.69 Å². The van der Waals surface area contributed by atoms with Gasteiger partial charge in [-0.1, -0.05) is 23.2 Å². The molecule has 0 fully saturated rings. The average molecular weight is 391 g/mol. The highest BCUT2D eigenvalue weighted by Crippen LogP contribution is 2.29. The molecule has 2 aromatic carbocycles. The molecule has 1 heterocycles. The normalized spacial score (nSPS) is 11.2. The van der Waals surface area contributed by atoms with Gasteiger partial charge in [0.1, 0.15) is 0 Å². The van der Waals surface area contributed by atoms with Gasteiger partial charge in [0.25, 0.3) is 0 Å². The number of nitrogens with zero attached hydrogens (tertiary/aromatic N) is 2. The molecule has 0 spiro atoms. The Labute approximate surface area is 158 Å². The highest BCUT2D eigenvalue weighted by atomic mass is 35.5. The molecule has 0 amide bonds. The lowest BCUT2D eigenvalue weighted by atomic mass is 10.1. The molecule has 0 radical (unpaired) electrons. The van der Waals surface area contributed by atoms with Crippen LogP contribution in [-0.2, 0) is 9.53 Å². The Morgan fingerprint density at radius 3 is 2.62 bits per heavy atom. The first-order valence-corrected chi connectivity index (χ1v) is 8.14. The molecule has 26 heavy (non-hydrogen) atoms. The number of carboxylic acids is 1. The minimum Gasteiger partial charge on any atom is -0.478 e. The number of aromatic carboxylic acids is 1. The maximum atomic E-state index is 11.4. The van der Waals surface area contributed by atoms with Gasteiger partial charge in [-0.05, 0) is 42.5 Å². The lowest BCUT2D eigenvalue weighted by Gasteiger charge is -2.06. The van der Waals surface area contributed by atoms with Crippen LogP contribution >= 0.6 is 23.2 Å². The zero-order chi connectivity index (χ0) is 18.8. The van der Waals surface area contributed by atoms with Crippen molar-refractivity contribution in [3.63, 3.8) is 0 Å². The van der Waals surface area contributed by atoms with E-state index in [4.69, 9.17) is 23.2 Å². The highest BCUT2D eigenvalue weighted by Gasteiger charge is 2.15. The van der Waals surface area contributed by atoms with Crippen LogP contribution in [0.15, 0.2) is 42.5 Å². The van der Waals surface area contributed by atoms with Crippen molar-refractivity contribution in [1.29, 1.82) is 0 Å². The van der Waals surface area contributed by atoms with Gasteiger partial charge in [0.05, 0.1) is 34.6 Å². The van der Waals surface area contributed by atoms with Crippen LogP contribution in [0, 0.1) is 0 Å². The second kappa shape index (κ2) is 7.19. The number of halogens is 2. The van der Waals surface area contributed by atoms with Gasteiger partial charge in [0.15, 0.2) is 0 Å². The number of carbonyl (C=O) groups excluding carboxylic acids is 1. The largest absolute Gasteiger partial charge is 0.478 e. The average Bonchev–Trinajstić information content (AvgIpc) is 2.97. The summed E-state index contributed by atoms with van der Waals surface area (Å²) >= 11 is 12.2. The Hall–Kier alpha value is -2.83. The first-order valence-electron chi connectivity index (χ1n) is 7.38. The smallest absolute Gasteiger partial charge is 0.335 e. The van der Waals surface area contributed by atoms with Crippen LogP contribution < -0.4 is 0 Å². The van der Waals surface area contributed by atoms with Crippen LogP contribution in [0.25, 0.3) is 22.7 Å². The Kier molecular flexibility index (Phi) is 4.97. The number of carboxylic acid groups (broad SMARTS) is 1. The fourth-order valence-corrected chi connectivity index (χ4v) is 2.94. The predicted molar refractivity (Wildman–Crippen MR) is 99.1 cm³/mol. The van der Waals surface area contributed by atoms with E-state index < -0.39 is 11.9 Å². The Morgan fingerprint density at radius 2 is 1.96 bits per heavy atom. The van der Waals surface area contributed by atoms with E-state index in [9.17, 15) is 14.7 Å². The van der Waals surface area contributed by atoms with Crippen molar-refractivity contribution >= 4 is 52.1 Å². The van der Waals surface area contributed by atoms with Gasteiger partial charge in [-0.2, -0.15) is 5.10 Å². The van der Waals surface area contributed by atoms with Gasteiger partial charge >= 0.3 is 11.9 Å². The van der Waals surface area contributed by atoms with E-state index in [1.807, 2.05) is 0 Å². The van der Waals surface area contributed by atoms with Crippen molar-refractivity contribution in [1.82, 2.24) is 9.78 Å². The number of esters is 1. The van der Waals surface area contributed by atoms with Gasteiger partial charge in [-0.15, -0.1) is 0 Å². The highest BCUT2D eigenvalue weighted by molar-refractivity contribution is 6.35. The summed E-state index contributed by atoms with van der Waals surface area (Å²) in [5, 5.41) is 15.2. The third-order valence-corrected chi connectivity index (χ3v) is 4.21. The van der Waals surface area contributed by atoms with E-state index in [1.165, 1.54) is 36.1 Å². The molecule has 0 unspecified atom stereocenters. The zero-order valence-corrected chi connectivity index (χ0v) is 15.0. The molecule has 3 aromatic rings. The summed E-state index contributed by atoms with van der Waals surface area (Å²) in [7, 11) is 1.27. The molecule has 0 saturated heterocycles. The number of carbonyl (C=O) groups is 2. The summed E-state index contributed by atoms with van der Waals surface area (Å²) in [6.45, 7) is 0. The molecule has 8 heteroatoms. The molecule has 3 rings (SSSR count). The van der Waals surface area contributed by atoms with Crippen LogP contribution in [0.4, 0.5) is 0 Å². The third kappa shape index (κ3) is 3.42. The fourth-order valence-electron chi connectivity index (χ4n) is 2.45. The Balaban J connectivity index is 2.26. The minimum atomic E-state index is -1.06. The maximum absolute atomic E-state index is 11.4. The van der Waals surface area contributed by atoms with Crippen molar-refractivity contribution in [2.45, 2.75) is 0 Å². The van der Waals surface area contributed by atoms with Gasteiger partial charge in [0.2, 0.25) is 0 Å². The molecular weight excluding hydrogens is 379 g/mol. The summed E-state index contributed by atoms with van der Waals surface area (Å²) in [5.74, 6) is -1.59. The molecule has 0 aliphatic rings. The van der Waals surface area contributed by atoms with E-state index in [2.05, 4.69) is 9.84 Å². The number of hydrogen-bond donors (Lipinski definition) is 1. The molecule has 132 valence electrons. The Bertz CT molecular complexity index is 1060. The molecule has 0 bridgehead atoms.